The molecule has 1 N–H and O–H groups in total. The number of hydrogen-bond acceptors (Lipinski definition) is 4. The molecule has 0 aliphatic carbocycles. The number of piperazine rings is 1. The van der Waals surface area contributed by atoms with E-state index < -0.39 is 0 Å². The van der Waals surface area contributed by atoms with Crippen molar-refractivity contribution in [3.05, 3.63) is 58.1 Å². The first-order valence-corrected chi connectivity index (χ1v) is 9.73. The quantitative estimate of drug-likeness (QED) is 0.851. The zero-order valence-electron chi connectivity index (χ0n) is 15.4. The zero-order chi connectivity index (χ0) is 19.5. The third-order valence-electron chi connectivity index (χ3n) is 5.14. The summed E-state index contributed by atoms with van der Waals surface area (Å²) in [6, 6.07) is 13.2. The summed E-state index contributed by atoms with van der Waals surface area (Å²) in [4.78, 5) is 16.2. The topological polar surface area (TPSA) is 67.0 Å². The third-order valence-corrected chi connectivity index (χ3v) is 5.42. The lowest BCUT2D eigenvalue weighted by Gasteiger charge is -2.32. The highest BCUT2D eigenvalue weighted by atomic mass is 35.5. The van der Waals surface area contributed by atoms with Gasteiger partial charge in [-0.2, -0.15) is 5.26 Å². The molecule has 2 heterocycles. The molecule has 0 radical (unpaired) electrons. The van der Waals surface area contributed by atoms with Crippen LogP contribution in [0.5, 0.6) is 11.5 Å². The standard InChI is InChI=1S/C21H20ClN3O3/c22-18-11-17(12-19-20(18)28-10-9-27-19)21(26)25-7-5-24(6-8-25)14-16-3-1-15(13-23)2-4-16/h1-4,11-12H,5-10,14H2/p+1. The van der Waals surface area contributed by atoms with E-state index >= 15 is 0 Å². The summed E-state index contributed by atoms with van der Waals surface area (Å²) in [5.41, 5.74) is 2.41. The second-order valence-corrected chi connectivity index (χ2v) is 7.42. The monoisotopic (exact) mass is 398 g/mol. The number of halogens is 1. The van der Waals surface area contributed by atoms with E-state index in [9.17, 15) is 4.79 Å². The molecule has 0 spiro atoms. The largest absolute Gasteiger partial charge is 0.486 e. The van der Waals surface area contributed by atoms with Crippen LogP contribution in [0.2, 0.25) is 5.02 Å². The summed E-state index contributed by atoms with van der Waals surface area (Å²) in [6.45, 7) is 4.95. The number of hydrogen-bond donors (Lipinski definition) is 1. The average Bonchev–Trinajstić information content (AvgIpc) is 2.74. The van der Waals surface area contributed by atoms with Crippen LogP contribution >= 0.6 is 11.6 Å². The van der Waals surface area contributed by atoms with E-state index in [-0.39, 0.29) is 5.91 Å². The summed E-state index contributed by atoms with van der Waals surface area (Å²) < 4.78 is 11.1. The van der Waals surface area contributed by atoms with Crippen LogP contribution in [0.4, 0.5) is 0 Å². The van der Waals surface area contributed by atoms with Crippen LogP contribution in [-0.4, -0.2) is 50.2 Å². The maximum Gasteiger partial charge on any atom is 0.254 e. The van der Waals surface area contributed by atoms with Gasteiger partial charge in [0.05, 0.1) is 42.8 Å². The van der Waals surface area contributed by atoms with Crippen molar-refractivity contribution < 1.29 is 19.2 Å². The van der Waals surface area contributed by atoms with Crippen molar-refractivity contribution in [1.82, 2.24) is 4.90 Å². The SMILES string of the molecule is N#Cc1ccc(C[NH+]2CCN(C(=O)c3cc(Cl)c4c(c3)OCCO4)CC2)cc1. The van der Waals surface area contributed by atoms with Gasteiger partial charge in [0.15, 0.2) is 11.5 Å². The van der Waals surface area contributed by atoms with Crippen LogP contribution in [-0.2, 0) is 6.54 Å². The molecular weight excluding hydrogens is 378 g/mol. The highest BCUT2D eigenvalue weighted by molar-refractivity contribution is 6.32. The molecule has 144 valence electrons. The van der Waals surface area contributed by atoms with Crippen LogP contribution in [0, 0.1) is 11.3 Å². The van der Waals surface area contributed by atoms with Gasteiger partial charge >= 0.3 is 0 Å². The fourth-order valence-electron chi connectivity index (χ4n) is 3.61. The predicted octanol–water partition coefficient (Wildman–Crippen LogP) is 1.52. The summed E-state index contributed by atoms with van der Waals surface area (Å²) >= 11 is 6.27. The molecule has 2 aromatic carbocycles. The molecule has 0 aromatic heterocycles. The number of nitriles is 1. The Morgan fingerprint density at radius 2 is 1.86 bits per heavy atom. The Balaban J connectivity index is 1.37. The van der Waals surface area contributed by atoms with E-state index in [1.54, 1.807) is 12.1 Å². The molecule has 7 heteroatoms. The molecule has 0 unspecified atom stereocenters. The summed E-state index contributed by atoms with van der Waals surface area (Å²) in [5.74, 6) is 1.02. The number of carbonyl (C=O) groups excluding carboxylic acids is 1. The highest BCUT2D eigenvalue weighted by Gasteiger charge is 2.27. The van der Waals surface area contributed by atoms with E-state index in [1.807, 2.05) is 29.2 Å². The van der Waals surface area contributed by atoms with E-state index in [4.69, 9.17) is 26.3 Å². The molecule has 4 rings (SSSR count). The van der Waals surface area contributed by atoms with Gasteiger partial charge in [0.2, 0.25) is 0 Å². The molecule has 28 heavy (non-hydrogen) atoms. The number of nitrogens with zero attached hydrogens (tertiary/aromatic N) is 2. The van der Waals surface area contributed by atoms with E-state index in [2.05, 4.69) is 6.07 Å². The van der Waals surface area contributed by atoms with Gasteiger partial charge in [-0.3, -0.25) is 4.79 Å². The van der Waals surface area contributed by atoms with Gasteiger partial charge in [-0.05, 0) is 24.3 Å². The van der Waals surface area contributed by atoms with Gasteiger partial charge in [0.25, 0.3) is 5.91 Å². The van der Waals surface area contributed by atoms with Crippen molar-refractivity contribution in [2.45, 2.75) is 6.54 Å². The third kappa shape index (κ3) is 3.91. The lowest BCUT2D eigenvalue weighted by Crippen LogP contribution is -3.13. The van der Waals surface area contributed by atoms with Crippen LogP contribution in [0.3, 0.4) is 0 Å². The van der Waals surface area contributed by atoms with Crippen molar-refractivity contribution in [3.63, 3.8) is 0 Å². The molecule has 1 fully saturated rings. The zero-order valence-corrected chi connectivity index (χ0v) is 16.2. The van der Waals surface area contributed by atoms with Crippen molar-refractivity contribution in [2.75, 3.05) is 39.4 Å². The summed E-state index contributed by atoms with van der Waals surface area (Å²) in [6.07, 6.45) is 0. The molecule has 1 amide bonds. The molecule has 2 aliphatic heterocycles. The van der Waals surface area contributed by atoms with E-state index in [0.717, 1.165) is 19.6 Å². The Kier molecular flexibility index (Phi) is 5.38. The number of quaternary nitrogens is 1. The van der Waals surface area contributed by atoms with Crippen molar-refractivity contribution in [3.8, 4) is 17.6 Å². The molecule has 0 bridgehead atoms. The number of rotatable bonds is 3. The maximum absolute atomic E-state index is 12.9. The van der Waals surface area contributed by atoms with Gasteiger partial charge in [0.1, 0.15) is 19.8 Å². The Hall–Kier alpha value is -2.75. The molecule has 6 nitrogen and oxygen atoms in total. The van der Waals surface area contributed by atoms with E-state index in [1.165, 1.54) is 10.5 Å². The predicted molar refractivity (Wildman–Crippen MR) is 104 cm³/mol. The maximum atomic E-state index is 12.9. The Bertz CT molecular complexity index is 916. The number of nitrogens with one attached hydrogen (secondary N) is 1. The second-order valence-electron chi connectivity index (χ2n) is 7.01. The van der Waals surface area contributed by atoms with Gasteiger partial charge in [-0.1, -0.05) is 23.7 Å². The van der Waals surface area contributed by atoms with Crippen LogP contribution in [0.15, 0.2) is 36.4 Å². The minimum atomic E-state index is -0.0312. The number of ether oxygens (including phenoxy) is 2. The summed E-state index contributed by atoms with van der Waals surface area (Å²) in [7, 11) is 0. The molecule has 1 saturated heterocycles. The first kappa shape index (κ1) is 18.6. The fourth-order valence-corrected chi connectivity index (χ4v) is 3.87. The molecular formula is C21H21ClN3O3+. The Morgan fingerprint density at radius 1 is 1.14 bits per heavy atom. The number of fused-ring (bicyclic) bond motifs is 1. The van der Waals surface area contributed by atoms with Gasteiger partial charge in [-0.15, -0.1) is 0 Å². The number of carbonyl (C=O) groups is 1. The minimum Gasteiger partial charge on any atom is -0.486 e. The van der Waals surface area contributed by atoms with Gasteiger partial charge in [0, 0.05) is 11.1 Å². The van der Waals surface area contributed by atoms with Crippen molar-refractivity contribution >= 4 is 17.5 Å². The smallest absolute Gasteiger partial charge is 0.254 e. The fraction of sp³-hybridized carbons (Fsp3) is 0.333. The first-order valence-electron chi connectivity index (χ1n) is 9.35. The lowest BCUT2D eigenvalue weighted by atomic mass is 10.1. The number of amides is 1. The Morgan fingerprint density at radius 3 is 2.57 bits per heavy atom. The van der Waals surface area contributed by atoms with Crippen molar-refractivity contribution in [1.29, 1.82) is 5.26 Å². The Labute approximate surface area is 168 Å². The van der Waals surface area contributed by atoms with Crippen LogP contribution < -0.4 is 14.4 Å². The normalized spacial score (nSPS) is 16.5. The molecule has 2 aromatic rings. The number of benzene rings is 2. The van der Waals surface area contributed by atoms with Gasteiger partial charge in [-0.25, -0.2) is 0 Å². The lowest BCUT2D eigenvalue weighted by molar-refractivity contribution is -0.917. The average molecular weight is 399 g/mol. The van der Waals surface area contributed by atoms with Crippen LogP contribution in [0.1, 0.15) is 21.5 Å². The van der Waals surface area contributed by atoms with Gasteiger partial charge < -0.3 is 19.3 Å². The molecule has 2 aliphatic rings. The van der Waals surface area contributed by atoms with Crippen LogP contribution in [0.25, 0.3) is 0 Å². The van der Waals surface area contributed by atoms with E-state index in [0.29, 0.717) is 54.0 Å². The molecule has 0 atom stereocenters. The highest BCUT2D eigenvalue weighted by Crippen LogP contribution is 2.38. The molecule has 0 saturated carbocycles. The first-order chi connectivity index (χ1) is 13.6. The second kappa shape index (κ2) is 8.09. The van der Waals surface area contributed by atoms with Crippen molar-refractivity contribution in [2.24, 2.45) is 0 Å². The minimum absolute atomic E-state index is 0.0312. The summed E-state index contributed by atoms with van der Waals surface area (Å²) in [5, 5.41) is 9.30.